The van der Waals surface area contributed by atoms with Crippen molar-refractivity contribution in [2.24, 2.45) is 0 Å². The third kappa shape index (κ3) is 14.1. The van der Waals surface area contributed by atoms with Gasteiger partial charge in [0.1, 0.15) is 21.8 Å². The second-order valence-corrected chi connectivity index (χ2v) is 17.7. The summed E-state index contributed by atoms with van der Waals surface area (Å²) in [6.07, 6.45) is 10.2. The lowest BCUT2D eigenvalue weighted by atomic mass is 10.0. The van der Waals surface area contributed by atoms with Gasteiger partial charge in [-0.2, -0.15) is 0 Å². The highest BCUT2D eigenvalue weighted by atomic mass is 32.1. The number of aromatic carboxylic acids is 2. The molecule has 0 spiro atoms. The van der Waals surface area contributed by atoms with Crippen molar-refractivity contribution in [3.05, 3.63) is 103 Å². The Labute approximate surface area is 383 Å². The molecule has 64 heavy (non-hydrogen) atoms. The number of ketones is 1. The van der Waals surface area contributed by atoms with E-state index in [2.05, 4.69) is 24.5 Å². The Morgan fingerprint density at radius 1 is 0.609 bits per heavy atom. The standard InChI is InChI=1S/C23H28N2O5S.C23H26N2O5S.2CH4/c2*1-2-3-4-8-19(26)15-9-11-16(12-10-15)25-18(21(27)24-23(25)30)7-5-6-17-13-14-20(31-17)22(28)29;;/h9-14,18-19,26H,2-8H2,1H3,(H,28,29)(H,24,27,30);9-14,18H,2-8H2,1H3,(H,28,29)(H,24,27,30);2*1H4. The zero-order chi connectivity index (χ0) is 44.8. The smallest absolute Gasteiger partial charge is 0.345 e. The number of carbonyl (C=O) groups is 7. The molecule has 0 aliphatic carbocycles. The number of carboxylic acids is 2. The second kappa shape index (κ2) is 25.5. The van der Waals surface area contributed by atoms with E-state index < -0.39 is 42.2 Å². The van der Waals surface area contributed by atoms with Gasteiger partial charge in [0, 0.05) is 33.1 Å². The molecule has 16 heteroatoms. The number of carboxylic acid groups (broad SMARTS) is 2. The number of aliphatic hydroxyl groups is 1. The van der Waals surface area contributed by atoms with Crippen molar-refractivity contribution in [1.29, 1.82) is 0 Å². The predicted molar refractivity (Wildman–Crippen MR) is 252 cm³/mol. The number of rotatable bonds is 22. The maximum atomic E-state index is 12.4. The van der Waals surface area contributed by atoms with Crippen molar-refractivity contribution in [3.63, 3.8) is 0 Å². The molecular formula is C48H62N4O10S2. The fourth-order valence-corrected chi connectivity index (χ4v) is 9.20. The minimum atomic E-state index is -0.949. The first-order chi connectivity index (χ1) is 29.8. The summed E-state index contributed by atoms with van der Waals surface area (Å²) in [7, 11) is 0. The highest BCUT2D eigenvalue weighted by Gasteiger charge is 2.40. The summed E-state index contributed by atoms with van der Waals surface area (Å²) >= 11 is 2.45. The number of thiophene rings is 2. The van der Waals surface area contributed by atoms with Gasteiger partial charge in [-0.3, -0.25) is 34.8 Å². The van der Waals surface area contributed by atoms with E-state index in [1.54, 1.807) is 72.8 Å². The number of Topliss-reactive ketones (excluding diaryl/α,β-unsaturated/α-hetero) is 1. The Bertz CT molecular complexity index is 2200. The van der Waals surface area contributed by atoms with Gasteiger partial charge in [-0.15, -0.1) is 22.7 Å². The number of aryl methyl sites for hydroxylation is 2. The number of hydrogen-bond donors (Lipinski definition) is 5. The third-order valence-corrected chi connectivity index (χ3v) is 13.1. The van der Waals surface area contributed by atoms with Gasteiger partial charge in [0.25, 0.3) is 11.8 Å². The van der Waals surface area contributed by atoms with Gasteiger partial charge in [0.05, 0.1) is 6.10 Å². The fourth-order valence-electron chi connectivity index (χ4n) is 7.42. The lowest BCUT2D eigenvalue weighted by molar-refractivity contribution is -0.120. The number of nitrogens with one attached hydrogen (secondary N) is 2. The molecule has 0 bridgehead atoms. The molecule has 0 saturated carbocycles. The lowest BCUT2D eigenvalue weighted by Crippen LogP contribution is -2.35. The Morgan fingerprint density at radius 2 is 1.05 bits per heavy atom. The summed E-state index contributed by atoms with van der Waals surface area (Å²) in [6, 6.07) is 18.5. The van der Waals surface area contributed by atoms with Crippen LogP contribution in [0.3, 0.4) is 0 Å². The molecule has 2 aromatic carbocycles. The fraction of sp³-hybridized carbons (Fsp3) is 0.438. The zero-order valence-corrected chi connectivity index (χ0v) is 36.6. The number of imide groups is 2. The van der Waals surface area contributed by atoms with Crippen molar-refractivity contribution in [2.75, 3.05) is 9.80 Å². The normalized spacial score (nSPS) is 16.0. The summed E-state index contributed by atoms with van der Waals surface area (Å²) in [6.45, 7) is 4.21. The largest absolute Gasteiger partial charge is 0.477 e. The molecule has 6 amide bonds. The number of hydrogen-bond acceptors (Lipinski definition) is 10. The molecular weight excluding hydrogens is 857 g/mol. The van der Waals surface area contributed by atoms with E-state index in [0.29, 0.717) is 73.2 Å². The van der Waals surface area contributed by atoms with Gasteiger partial charge in [-0.05, 0) is 118 Å². The number of urea groups is 2. The maximum absolute atomic E-state index is 12.4. The van der Waals surface area contributed by atoms with Crippen LogP contribution in [-0.4, -0.2) is 69.0 Å². The first kappa shape index (κ1) is 52.6. The minimum absolute atomic E-state index is 0. The number of anilines is 2. The van der Waals surface area contributed by atoms with Crippen LogP contribution in [0.5, 0.6) is 0 Å². The topological polar surface area (TPSA) is 211 Å². The summed E-state index contributed by atoms with van der Waals surface area (Å²) in [5.74, 6) is -2.49. The van der Waals surface area contributed by atoms with Gasteiger partial charge in [-0.1, -0.05) is 72.9 Å². The Morgan fingerprint density at radius 3 is 1.47 bits per heavy atom. The number of unbranched alkanes of at least 4 members (excludes halogenated alkanes) is 4. The minimum Gasteiger partial charge on any atom is -0.477 e. The van der Waals surface area contributed by atoms with Crippen LogP contribution in [0, 0.1) is 0 Å². The highest BCUT2D eigenvalue weighted by molar-refractivity contribution is 7.14. The van der Waals surface area contributed by atoms with Crippen molar-refractivity contribution >= 4 is 75.6 Å². The van der Waals surface area contributed by atoms with Crippen molar-refractivity contribution < 1.29 is 48.9 Å². The van der Waals surface area contributed by atoms with Crippen molar-refractivity contribution in [3.8, 4) is 0 Å². The van der Waals surface area contributed by atoms with Crippen LogP contribution < -0.4 is 20.4 Å². The molecule has 0 radical (unpaired) electrons. The number of nitrogens with zero attached hydrogens (tertiary/aromatic N) is 2. The monoisotopic (exact) mass is 918 g/mol. The van der Waals surface area contributed by atoms with Crippen LogP contribution in [0.2, 0.25) is 0 Å². The third-order valence-electron chi connectivity index (χ3n) is 10.8. The Balaban J connectivity index is 0.000000330. The average Bonchev–Trinajstić information content (AvgIpc) is 4.05. The molecule has 14 nitrogen and oxygen atoms in total. The van der Waals surface area contributed by atoms with Crippen molar-refractivity contribution in [1.82, 2.24) is 10.6 Å². The van der Waals surface area contributed by atoms with E-state index in [4.69, 9.17) is 10.2 Å². The number of carbonyl (C=O) groups excluding carboxylic acids is 5. The molecule has 4 aromatic rings. The van der Waals surface area contributed by atoms with E-state index >= 15 is 0 Å². The molecule has 3 unspecified atom stereocenters. The molecule has 5 N–H and O–H groups in total. The first-order valence-electron chi connectivity index (χ1n) is 21.1. The summed E-state index contributed by atoms with van der Waals surface area (Å²) in [4.78, 5) is 89.0. The summed E-state index contributed by atoms with van der Waals surface area (Å²) in [5.41, 5.74) is 2.59. The Kier molecular flexibility index (Phi) is 21.0. The number of aliphatic hydroxyl groups excluding tert-OH is 1. The molecule has 2 aromatic heterocycles. The van der Waals surface area contributed by atoms with Crippen LogP contribution in [0.15, 0.2) is 72.8 Å². The van der Waals surface area contributed by atoms with Crippen LogP contribution in [0.1, 0.15) is 157 Å². The van der Waals surface area contributed by atoms with Gasteiger partial charge in [0.2, 0.25) is 0 Å². The van der Waals surface area contributed by atoms with Gasteiger partial charge in [0.15, 0.2) is 5.78 Å². The lowest BCUT2D eigenvalue weighted by Gasteiger charge is -2.22. The molecule has 2 aliphatic heterocycles. The number of amides is 6. The van der Waals surface area contributed by atoms with Crippen LogP contribution >= 0.6 is 22.7 Å². The quantitative estimate of drug-likeness (QED) is 0.0286. The van der Waals surface area contributed by atoms with Gasteiger partial charge in [-0.25, -0.2) is 19.2 Å². The second-order valence-electron chi connectivity index (χ2n) is 15.3. The van der Waals surface area contributed by atoms with Crippen LogP contribution in [0.4, 0.5) is 21.0 Å². The van der Waals surface area contributed by atoms with Crippen LogP contribution in [-0.2, 0) is 22.4 Å². The average molecular weight is 919 g/mol. The van der Waals surface area contributed by atoms with Gasteiger partial charge < -0.3 is 15.3 Å². The predicted octanol–water partition coefficient (Wildman–Crippen LogP) is 10.4. The van der Waals surface area contributed by atoms with Gasteiger partial charge >= 0.3 is 24.0 Å². The SMILES string of the molecule is C.C.CCCCCC(=O)c1ccc(N2C(=O)NC(=O)C2CCCc2ccc(C(=O)O)s2)cc1.CCCCCC(O)c1ccc(N2C(=O)NC(=O)C2CCCc2ccc(C(=O)O)s2)cc1. The highest BCUT2D eigenvalue weighted by Crippen LogP contribution is 2.29. The zero-order valence-electron chi connectivity index (χ0n) is 35.0. The Hall–Kier alpha value is -5.71. The molecule has 6 rings (SSSR count). The van der Waals surface area contributed by atoms with Crippen molar-refractivity contribution in [2.45, 2.75) is 137 Å². The van der Waals surface area contributed by atoms with E-state index in [0.717, 1.165) is 53.8 Å². The van der Waals surface area contributed by atoms with E-state index in [1.807, 2.05) is 0 Å². The van der Waals surface area contributed by atoms with E-state index in [-0.39, 0.29) is 37.3 Å². The maximum Gasteiger partial charge on any atom is 0.345 e. The molecule has 2 fully saturated rings. The molecule has 3 atom stereocenters. The summed E-state index contributed by atoms with van der Waals surface area (Å²) in [5, 5.41) is 33.1. The molecule has 2 saturated heterocycles. The van der Waals surface area contributed by atoms with Crippen LogP contribution in [0.25, 0.3) is 0 Å². The number of benzene rings is 2. The first-order valence-corrected chi connectivity index (χ1v) is 22.8. The molecule has 2 aliphatic rings. The van der Waals surface area contributed by atoms with E-state index in [1.165, 1.54) is 32.5 Å². The van der Waals surface area contributed by atoms with E-state index in [9.17, 15) is 38.7 Å². The molecule has 346 valence electrons. The molecule has 4 heterocycles. The summed E-state index contributed by atoms with van der Waals surface area (Å²) < 4.78 is 0.